The van der Waals surface area contributed by atoms with E-state index in [1.54, 1.807) is 24.3 Å². The van der Waals surface area contributed by atoms with Crippen molar-refractivity contribution in [2.75, 3.05) is 52.3 Å². The van der Waals surface area contributed by atoms with Gasteiger partial charge in [0.25, 0.3) is 5.91 Å². The number of amides is 1. The summed E-state index contributed by atoms with van der Waals surface area (Å²) in [6.07, 6.45) is 4.84. The molecule has 1 amide bonds. The van der Waals surface area contributed by atoms with E-state index in [1.165, 1.54) is 30.0 Å². The molecule has 1 N–H and O–H groups in total. The lowest BCUT2D eigenvalue weighted by molar-refractivity contribution is -0.906. The summed E-state index contributed by atoms with van der Waals surface area (Å²) < 4.78 is 32.6. The van der Waals surface area contributed by atoms with Crippen LogP contribution in [0.25, 0.3) is 0 Å². The minimum atomic E-state index is -3.51. The highest BCUT2D eigenvalue weighted by Gasteiger charge is 2.33. The number of morpholine rings is 1. The zero-order valence-electron chi connectivity index (χ0n) is 16.2. The number of hydrogen-bond acceptors (Lipinski definition) is 4. The van der Waals surface area contributed by atoms with Crippen LogP contribution in [-0.2, 0) is 19.6 Å². The van der Waals surface area contributed by atoms with Crippen molar-refractivity contribution in [3.63, 3.8) is 0 Å². The average molecular weight is 397 g/mol. The predicted molar refractivity (Wildman–Crippen MR) is 104 cm³/mol. The Bertz CT molecular complexity index is 750. The Morgan fingerprint density at radius 2 is 1.74 bits per heavy atom. The van der Waals surface area contributed by atoms with Crippen LogP contribution in [0.2, 0.25) is 0 Å². The number of benzene rings is 1. The maximum Gasteiger partial charge on any atom is 0.279 e. The molecule has 0 bridgehead atoms. The molecule has 27 heavy (non-hydrogen) atoms. The molecule has 1 aromatic carbocycles. The monoisotopic (exact) mass is 396 g/mol. The van der Waals surface area contributed by atoms with Crippen LogP contribution in [0.1, 0.15) is 25.7 Å². The molecule has 2 fully saturated rings. The second kappa shape index (κ2) is 8.26. The van der Waals surface area contributed by atoms with Gasteiger partial charge < -0.3 is 14.5 Å². The summed E-state index contributed by atoms with van der Waals surface area (Å²) in [5.74, 6) is -0.0457. The zero-order valence-corrected chi connectivity index (χ0v) is 17.0. The average Bonchev–Trinajstić information content (AvgIpc) is 3.18. The largest absolute Gasteiger partial charge is 0.379 e. The third kappa shape index (κ3) is 4.87. The summed E-state index contributed by atoms with van der Waals surface area (Å²) in [5, 5.41) is 2.90. The van der Waals surface area contributed by atoms with Gasteiger partial charge in [-0.2, -0.15) is 4.31 Å². The van der Waals surface area contributed by atoms with Crippen LogP contribution >= 0.6 is 0 Å². The van der Waals surface area contributed by atoms with Crippen molar-refractivity contribution in [2.24, 2.45) is 0 Å². The van der Waals surface area contributed by atoms with Crippen LogP contribution in [0.3, 0.4) is 0 Å². The highest BCUT2D eigenvalue weighted by Crippen LogP contribution is 2.26. The van der Waals surface area contributed by atoms with Gasteiger partial charge in [-0.05, 0) is 49.9 Å². The first kappa shape index (κ1) is 20.3. The Hall–Kier alpha value is -1.48. The fraction of sp³-hybridized carbons (Fsp3) is 0.632. The molecule has 1 aliphatic carbocycles. The zero-order chi connectivity index (χ0) is 19.5. The van der Waals surface area contributed by atoms with E-state index in [2.05, 4.69) is 19.4 Å². The van der Waals surface area contributed by atoms with Crippen LogP contribution in [0.4, 0.5) is 5.69 Å². The first-order chi connectivity index (χ1) is 12.8. The van der Waals surface area contributed by atoms with Gasteiger partial charge in [-0.25, -0.2) is 8.42 Å². The number of hydrogen-bond donors (Lipinski definition) is 1. The van der Waals surface area contributed by atoms with E-state index >= 15 is 0 Å². The summed E-state index contributed by atoms with van der Waals surface area (Å²) in [4.78, 5) is 12.7. The third-order valence-electron chi connectivity index (χ3n) is 5.61. The molecular formula is C19H30N3O4S+. The topological polar surface area (TPSA) is 75.7 Å². The lowest BCUT2D eigenvalue weighted by Gasteiger charge is -2.35. The van der Waals surface area contributed by atoms with Gasteiger partial charge in [0.1, 0.15) is 0 Å². The third-order valence-corrected chi connectivity index (χ3v) is 7.52. The van der Waals surface area contributed by atoms with Gasteiger partial charge in [-0.3, -0.25) is 4.79 Å². The Morgan fingerprint density at radius 3 is 2.33 bits per heavy atom. The molecule has 1 aromatic rings. The minimum absolute atomic E-state index is 0.0457. The Morgan fingerprint density at radius 1 is 1.15 bits per heavy atom. The van der Waals surface area contributed by atoms with Crippen LogP contribution < -0.4 is 5.32 Å². The van der Waals surface area contributed by atoms with Crippen molar-refractivity contribution in [2.45, 2.75) is 36.6 Å². The van der Waals surface area contributed by atoms with Gasteiger partial charge in [-0.15, -0.1) is 0 Å². The number of carbonyl (C=O) groups excluding carboxylic acids is 1. The van der Waals surface area contributed by atoms with Gasteiger partial charge in [0.05, 0.1) is 38.2 Å². The molecule has 1 heterocycles. The predicted octanol–water partition coefficient (Wildman–Crippen LogP) is 1.66. The lowest BCUT2D eigenvalue weighted by atomic mass is 10.2. The molecule has 0 atom stereocenters. The number of anilines is 1. The lowest BCUT2D eigenvalue weighted by Crippen LogP contribution is -2.51. The van der Waals surface area contributed by atoms with E-state index in [4.69, 9.17) is 4.74 Å². The van der Waals surface area contributed by atoms with Gasteiger partial charge in [0, 0.05) is 18.8 Å². The van der Waals surface area contributed by atoms with Crippen molar-refractivity contribution in [3.05, 3.63) is 24.3 Å². The van der Waals surface area contributed by atoms with Crippen LogP contribution in [0.15, 0.2) is 29.2 Å². The summed E-state index contributed by atoms with van der Waals surface area (Å²) in [6, 6.07) is 6.95. The smallest absolute Gasteiger partial charge is 0.279 e. The van der Waals surface area contributed by atoms with Crippen molar-refractivity contribution in [1.29, 1.82) is 0 Å². The van der Waals surface area contributed by atoms with E-state index < -0.39 is 10.0 Å². The summed E-state index contributed by atoms with van der Waals surface area (Å²) in [5.41, 5.74) is 0.618. The van der Waals surface area contributed by atoms with Crippen molar-refractivity contribution in [3.8, 4) is 0 Å². The summed E-state index contributed by atoms with van der Waals surface area (Å²) in [6.45, 7) is 1.99. The molecule has 150 valence electrons. The van der Waals surface area contributed by atoms with E-state index in [0.29, 0.717) is 49.1 Å². The summed E-state index contributed by atoms with van der Waals surface area (Å²) in [7, 11) is 0.700. The molecule has 1 saturated heterocycles. The van der Waals surface area contributed by atoms with Gasteiger partial charge in [-0.1, -0.05) is 0 Å². The molecule has 0 radical (unpaired) electrons. The summed E-state index contributed by atoms with van der Waals surface area (Å²) >= 11 is 0. The van der Waals surface area contributed by atoms with Crippen molar-refractivity contribution >= 4 is 21.6 Å². The maximum atomic E-state index is 12.6. The molecular weight excluding hydrogens is 366 g/mol. The van der Waals surface area contributed by atoms with Crippen LogP contribution in [0, 0.1) is 0 Å². The van der Waals surface area contributed by atoms with Gasteiger partial charge >= 0.3 is 0 Å². The first-order valence-corrected chi connectivity index (χ1v) is 11.0. The molecule has 0 spiro atoms. The fourth-order valence-corrected chi connectivity index (χ4v) is 5.36. The SMILES string of the molecule is C[N+](C)(CC(=O)Nc1ccc(S(=O)(=O)N2CCOCC2)cc1)C1CCCC1. The van der Waals surface area contributed by atoms with Gasteiger partial charge in [0.2, 0.25) is 10.0 Å². The van der Waals surface area contributed by atoms with Crippen molar-refractivity contribution < 1.29 is 22.4 Å². The normalized spacial score (nSPS) is 19.9. The van der Waals surface area contributed by atoms with Gasteiger partial charge in [0.15, 0.2) is 6.54 Å². The van der Waals surface area contributed by atoms with Crippen LogP contribution in [-0.4, -0.2) is 76.1 Å². The fourth-order valence-electron chi connectivity index (χ4n) is 3.95. The standard InChI is InChI=1S/C19H29N3O4S/c1-22(2,17-5-3-4-6-17)15-19(23)20-16-7-9-18(10-8-16)27(24,25)21-11-13-26-14-12-21/h7-10,17H,3-6,11-15H2,1-2H3/p+1. The van der Waals surface area contributed by atoms with E-state index in [9.17, 15) is 13.2 Å². The number of carbonyl (C=O) groups is 1. The molecule has 2 aliphatic rings. The number of sulfonamides is 1. The molecule has 1 aliphatic heterocycles. The first-order valence-electron chi connectivity index (χ1n) is 9.59. The number of nitrogens with zero attached hydrogens (tertiary/aromatic N) is 2. The number of quaternary nitrogens is 1. The maximum absolute atomic E-state index is 12.6. The number of ether oxygens (including phenoxy) is 1. The highest BCUT2D eigenvalue weighted by atomic mass is 32.2. The minimum Gasteiger partial charge on any atom is -0.379 e. The molecule has 1 saturated carbocycles. The molecule has 0 aromatic heterocycles. The molecule has 3 rings (SSSR count). The number of rotatable bonds is 6. The molecule has 0 unspecified atom stereocenters. The number of nitrogens with one attached hydrogen (secondary N) is 1. The Labute approximate surface area is 161 Å². The highest BCUT2D eigenvalue weighted by molar-refractivity contribution is 7.89. The van der Waals surface area contributed by atoms with Crippen LogP contribution in [0.5, 0.6) is 0 Å². The van der Waals surface area contributed by atoms with E-state index in [0.717, 1.165) is 0 Å². The van der Waals surface area contributed by atoms with E-state index in [-0.39, 0.29) is 10.8 Å². The second-order valence-electron chi connectivity index (χ2n) is 7.96. The van der Waals surface area contributed by atoms with Crippen molar-refractivity contribution in [1.82, 2.24) is 4.31 Å². The second-order valence-corrected chi connectivity index (χ2v) is 9.90. The molecule has 7 nitrogen and oxygen atoms in total. The number of likely N-dealkylation sites (N-methyl/N-ethyl adjacent to an activating group) is 1. The Balaban J connectivity index is 1.61. The Kier molecular flexibility index (Phi) is 6.20. The molecule has 8 heteroatoms. The quantitative estimate of drug-likeness (QED) is 0.742. The van der Waals surface area contributed by atoms with E-state index in [1.807, 2.05) is 0 Å².